The molecule has 0 spiro atoms. The summed E-state index contributed by atoms with van der Waals surface area (Å²) in [6, 6.07) is 0. The summed E-state index contributed by atoms with van der Waals surface area (Å²) in [4.78, 5) is 12.1. The van der Waals surface area contributed by atoms with Gasteiger partial charge in [0, 0.05) is 17.9 Å². The fraction of sp³-hybridized carbons (Fsp3) is 0.933. The van der Waals surface area contributed by atoms with Crippen LogP contribution in [0.3, 0.4) is 0 Å². The first-order valence-corrected chi connectivity index (χ1v) is 7.45. The van der Waals surface area contributed by atoms with Crippen LogP contribution in [0.15, 0.2) is 0 Å². The molecule has 0 atom stereocenters. The number of rotatable bonds is 6. The number of hydrogen-bond donors (Lipinski definition) is 2. The van der Waals surface area contributed by atoms with Crippen LogP contribution in [0.2, 0.25) is 0 Å². The third-order valence-corrected chi connectivity index (χ3v) is 4.86. The van der Waals surface area contributed by atoms with Gasteiger partial charge in [-0.1, -0.05) is 20.8 Å². The second-order valence-electron chi connectivity index (χ2n) is 6.04. The van der Waals surface area contributed by atoms with Crippen molar-refractivity contribution in [1.82, 2.24) is 5.32 Å². The van der Waals surface area contributed by atoms with Crippen LogP contribution < -0.4 is 5.32 Å². The van der Waals surface area contributed by atoms with E-state index >= 15 is 0 Å². The van der Waals surface area contributed by atoms with E-state index in [4.69, 9.17) is 0 Å². The van der Waals surface area contributed by atoms with Gasteiger partial charge in [0.15, 0.2) is 0 Å². The first kappa shape index (κ1) is 15.5. The molecule has 1 aliphatic rings. The largest absolute Gasteiger partial charge is 0.396 e. The van der Waals surface area contributed by atoms with E-state index in [1.807, 2.05) is 0 Å². The highest BCUT2D eigenvalue weighted by molar-refractivity contribution is 5.78. The van der Waals surface area contributed by atoms with Gasteiger partial charge < -0.3 is 10.4 Å². The maximum Gasteiger partial charge on any atom is 0.223 e. The van der Waals surface area contributed by atoms with Crippen molar-refractivity contribution in [1.29, 1.82) is 0 Å². The van der Waals surface area contributed by atoms with Crippen LogP contribution in [0.25, 0.3) is 0 Å². The molecular formula is C15H29NO2. The summed E-state index contributed by atoms with van der Waals surface area (Å²) in [7, 11) is 0. The molecular weight excluding hydrogens is 226 g/mol. The standard InChI is InChI=1S/C15H29NO2/c1-4-15(5-2,11-17)10-16-14(18)13-8-6-12(3)7-9-13/h12-13,17H,4-11H2,1-3H3,(H,16,18). The van der Waals surface area contributed by atoms with Gasteiger partial charge >= 0.3 is 0 Å². The Morgan fingerprint density at radius 1 is 1.22 bits per heavy atom. The van der Waals surface area contributed by atoms with Crippen LogP contribution in [0, 0.1) is 17.3 Å². The Kier molecular flexibility index (Phi) is 6.13. The normalized spacial score (nSPS) is 24.9. The number of amides is 1. The molecule has 0 radical (unpaired) electrons. The minimum atomic E-state index is -0.127. The zero-order valence-corrected chi connectivity index (χ0v) is 12.2. The highest BCUT2D eigenvalue weighted by Gasteiger charge is 2.29. The van der Waals surface area contributed by atoms with Crippen molar-refractivity contribution < 1.29 is 9.90 Å². The third-order valence-electron chi connectivity index (χ3n) is 4.86. The molecule has 3 nitrogen and oxygen atoms in total. The van der Waals surface area contributed by atoms with Gasteiger partial charge in [0.1, 0.15) is 0 Å². The molecule has 106 valence electrons. The monoisotopic (exact) mass is 255 g/mol. The molecule has 1 saturated carbocycles. The quantitative estimate of drug-likeness (QED) is 0.766. The van der Waals surface area contributed by atoms with E-state index in [-0.39, 0.29) is 23.8 Å². The molecule has 0 unspecified atom stereocenters. The molecule has 0 saturated heterocycles. The topological polar surface area (TPSA) is 49.3 Å². The summed E-state index contributed by atoms with van der Waals surface area (Å²) in [5, 5.41) is 12.5. The lowest BCUT2D eigenvalue weighted by molar-refractivity contribution is -0.126. The Balaban J connectivity index is 2.40. The van der Waals surface area contributed by atoms with Crippen LogP contribution in [0.1, 0.15) is 59.3 Å². The van der Waals surface area contributed by atoms with Gasteiger partial charge in [-0.25, -0.2) is 0 Å². The maximum absolute atomic E-state index is 12.1. The predicted molar refractivity (Wildman–Crippen MR) is 74.2 cm³/mol. The Morgan fingerprint density at radius 2 is 1.78 bits per heavy atom. The van der Waals surface area contributed by atoms with Gasteiger partial charge in [-0.05, 0) is 44.4 Å². The minimum absolute atomic E-state index is 0.127. The zero-order chi connectivity index (χ0) is 13.6. The van der Waals surface area contributed by atoms with Crippen molar-refractivity contribution in [2.45, 2.75) is 59.3 Å². The van der Waals surface area contributed by atoms with Crippen molar-refractivity contribution >= 4 is 5.91 Å². The third kappa shape index (κ3) is 3.98. The van der Waals surface area contributed by atoms with Crippen molar-refractivity contribution in [3.63, 3.8) is 0 Å². The predicted octanol–water partition coefficient (Wildman–Crippen LogP) is 2.73. The van der Waals surface area contributed by atoms with Gasteiger partial charge in [-0.2, -0.15) is 0 Å². The highest BCUT2D eigenvalue weighted by Crippen LogP contribution is 2.29. The van der Waals surface area contributed by atoms with Crippen molar-refractivity contribution in [2.24, 2.45) is 17.3 Å². The van der Waals surface area contributed by atoms with Gasteiger partial charge in [0.2, 0.25) is 5.91 Å². The number of hydrogen-bond acceptors (Lipinski definition) is 2. The first-order chi connectivity index (χ1) is 8.56. The molecule has 2 N–H and O–H groups in total. The molecule has 0 aromatic rings. The van der Waals surface area contributed by atoms with Gasteiger partial charge in [-0.3, -0.25) is 4.79 Å². The molecule has 1 rings (SSSR count). The lowest BCUT2D eigenvalue weighted by Gasteiger charge is -2.31. The molecule has 0 aromatic heterocycles. The second-order valence-corrected chi connectivity index (χ2v) is 6.04. The van der Waals surface area contributed by atoms with Crippen molar-refractivity contribution in [3.05, 3.63) is 0 Å². The Hall–Kier alpha value is -0.570. The lowest BCUT2D eigenvalue weighted by atomic mass is 9.81. The van der Waals surface area contributed by atoms with Gasteiger partial charge in [-0.15, -0.1) is 0 Å². The molecule has 3 heteroatoms. The van der Waals surface area contributed by atoms with Gasteiger partial charge in [0.05, 0.1) is 6.61 Å². The van der Waals surface area contributed by atoms with E-state index < -0.39 is 0 Å². The molecule has 1 aliphatic carbocycles. The van der Waals surface area contributed by atoms with Crippen LogP contribution in [-0.2, 0) is 4.79 Å². The number of carbonyl (C=O) groups excluding carboxylic acids is 1. The molecule has 1 amide bonds. The Bertz CT molecular complexity index is 245. The molecule has 0 aliphatic heterocycles. The number of nitrogens with one attached hydrogen (secondary N) is 1. The minimum Gasteiger partial charge on any atom is -0.396 e. The fourth-order valence-electron chi connectivity index (χ4n) is 2.72. The van der Waals surface area contributed by atoms with Crippen LogP contribution in [0.5, 0.6) is 0 Å². The summed E-state index contributed by atoms with van der Waals surface area (Å²) < 4.78 is 0. The number of aliphatic hydroxyl groups is 1. The second kappa shape index (κ2) is 7.13. The number of aliphatic hydroxyl groups excluding tert-OH is 1. The lowest BCUT2D eigenvalue weighted by Crippen LogP contribution is -2.42. The molecule has 0 bridgehead atoms. The summed E-state index contributed by atoms with van der Waals surface area (Å²) in [5.74, 6) is 1.17. The summed E-state index contributed by atoms with van der Waals surface area (Å²) in [6.45, 7) is 7.19. The number of carbonyl (C=O) groups is 1. The fourth-order valence-corrected chi connectivity index (χ4v) is 2.72. The Labute approximate surface area is 111 Å². The molecule has 0 aromatic carbocycles. The van der Waals surface area contributed by atoms with E-state index in [1.165, 1.54) is 12.8 Å². The summed E-state index contributed by atoms with van der Waals surface area (Å²) in [5.41, 5.74) is -0.127. The average Bonchev–Trinajstić information content (AvgIpc) is 2.41. The van der Waals surface area contributed by atoms with E-state index in [0.29, 0.717) is 6.54 Å². The van der Waals surface area contributed by atoms with Crippen LogP contribution in [-0.4, -0.2) is 24.2 Å². The van der Waals surface area contributed by atoms with Crippen LogP contribution >= 0.6 is 0 Å². The first-order valence-electron chi connectivity index (χ1n) is 7.45. The molecule has 0 heterocycles. The van der Waals surface area contributed by atoms with E-state index in [1.54, 1.807) is 0 Å². The maximum atomic E-state index is 12.1. The van der Waals surface area contributed by atoms with Crippen molar-refractivity contribution in [2.75, 3.05) is 13.2 Å². The van der Waals surface area contributed by atoms with Crippen molar-refractivity contribution in [3.8, 4) is 0 Å². The molecule has 18 heavy (non-hydrogen) atoms. The Morgan fingerprint density at radius 3 is 2.22 bits per heavy atom. The average molecular weight is 255 g/mol. The van der Waals surface area contributed by atoms with E-state index in [9.17, 15) is 9.90 Å². The van der Waals surface area contributed by atoms with E-state index in [2.05, 4.69) is 26.1 Å². The van der Waals surface area contributed by atoms with E-state index in [0.717, 1.165) is 31.6 Å². The smallest absolute Gasteiger partial charge is 0.223 e. The zero-order valence-electron chi connectivity index (χ0n) is 12.2. The molecule has 1 fully saturated rings. The van der Waals surface area contributed by atoms with Gasteiger partial charge in [0.25, 0.3) is 0 Å². The summed E-state index contributed by atoms with van der Waals surface area (Å²) >= 11 is 0. The SMILES string of the molecule is CCC(CC)(CO)CNC(=O)C1CCC(C)CC1. The van der Waals surface area contributed by atoms with Crippen LogP contribution in [0.4, 0.5) is 0 Å². The summed E-state index contributed by atoms with van der Waals surface area (Å²) in [6.07, 6.45) is 6.20. The highest BCUT2D eigenvalue weighted by atomic mass is 16.3.